The zero-order chi connectivity index (χ0) is 14.1. The van der Waals surface area contributed by atoms with Gasteiger partial charge >= 0.3 is 6.09 Å². The first-order valence-electron chi connectivity index (χ1n) is 5.92. The number of nitrogens with one attached hydrogen (secondary N) is 1. The Hall–Kier alpha value is -2.90. The number of amides is 3. The van der Waals surface area contributed by atoms with Crippen LogP contribution in [0.4, 0.5) is 4.79 Å². The van der Waals surface area contributed by atoms with Crippen LogP contribution in [0, 0.1) is 0 Å². The maximum Gasteiger partial charge on any atom is 0.452 e. The average Bonchev–Trinajstić information content (AvgIpc) is 2.98. The fourth-order valence-electron chi connectivity index (χ4n) is 1.91. The molecule has 8 nitrogen and oxygen atoms in total. The third-order valence-corrected chi connectivity index (χ3v) is 2.87. The minimum Gasteiger partial charge on any atom is -0.297 e. The molecule has 0 aliphatic carbocycles. The second-order valence-corrected chi connectivity index (χ2v) is 4.19. The maximum absolute atomic E-state index is 11.7. The van der Waals surface area contributed by atoms with Gasteiger partial charge in [0.05, 0.1) is 6.20 Å². The molecule has 1 aliphatic heterocycles. The van der Waals surface area contributed by atoms with Crippen LogP contribution in [0.5, 0.6) is 0 Å². The summed E-state index contributed by atoms with van der Waals surface area (Å²) in [6, 6.07) is 7.14. The summed E-state index contributed by atoms with van der Waals surface area (Å²) in [5.74, 6) is -0.922. The quantitative estimate of drug-likeness (QED) is 0.792. The van der Waals surface area contributed by atoms with Gasteiger partial charge in [-0.2, -0.15) is 5.01 Å². The summed E-state index contributed by atoms with van der Waals surface area (Å²) in [4.78, 5) is 40.3. The third-order valence-electron chi connectivity index (χ3n) is 2.87. The highest BCUT2D eigenvalue weighted by molar-refractivity contribution is 6.02. The van der Waals surface area contributed by atoms with E-state index in [0.29, 0.717) is 10.5 Å². The van der Waals surface area contributed by atoms with E-state index >= 15 is 0 Å². The molecule has 0 spiro atoms. The highest BCUT2D eigenvalue weighted by Crippen LogP contribution is 2.11. The van der Waals surface area contributed by atoms with Crippen molar-refractivity contribution in [2.45, 2.75) is 12.8 Å². The molecular weight excluding hydrogens is 264 g/mol. The SMILES string of the molecule is O=C(NN1C(=O)CCC1=O)On1ncc2ccccc21. The van der Waals surface area contributed by atoms with E-state index in [2.05, 4.69) is 10.5 Å². The van der Waals surface area contributed by atoms with Crippen molar-refractivity contribution in [1.29, 1.82) is 0 Å². The summed E-state index contributed by atoms with van der Waals surface area (Å²) >= 11 is 0. The van der Waals surface area contributed by atoms with Crippen LogP contribution in [-0.4, -0.2) is 32.9 Å². The molecule has 20 heavy (non-hydrogen) atoms. The monoisotopic (exact) mass is 274 g/mol. The van der Waals surface area contributed by atoms with Crippen LogP contribution in [0.3, 0.4) is 0 Å². The third kappa shape index (κ3) is 2.07. The van der Waals surface area contributed by atoms with Gasteiger partial charge in [-0.05, 0) is 6.07 Å². The van der Waals surface area contributed by atoms with Crippen molar-refractivity contribution < 1.29 is 19.2 Å². The van der Waals surface area contributed by atoms with Gasteiger partial charge in [0.1, 0.15) is 5.52 Å². The van der Waals surface area contributed by atoms with E-state index in [-0.39, 0.29) is 12.8 Å². The zero-order valence-corrected chi connectivity index (χ0v) is 10.3. The lowest BCUT2D eigenvalue weighted by atomic mass is 10.3. The number of carbonyl (C=O) groups excluding carboxylic acids is 3. The van der Waals surface area contributed by atoms with Crippen LogP contribution in [0.1, 0.15) is 12.8 Å². The molecule has 0 unspecified atom stereocenters. The van der Waals surface area contributed by atoms with E-state index in [1.54, 1.807) is 12.1 Å². The number of rotatable bonds is 2. The first-order valence-corrected chi connectivity index (χ1v) is 5.92. The zero-order valence-electron chi connectivity index (χ0n) is 10.3. The van der Waals surface area contributed by atoms with Crippen molar-refractivity contribution in [3.63, 3.8) is 0 Å². The van der Waals surface area contributed by atoms with Gasteiger partial charge in [0.15, 0.2) is 0 Å². The van der Waals surface area contributed by atoms with Gasteiger partial charge in [-0.1, -0.05) is 23.0 Å². The summed E-state index contributed by atoms with van der Waals surface area (Å²) < 4.78 is 0. The lowest BCUT2D eigenvalue weighted by Gasteiger charge is -2.14. The van der Waals surface area contributed by atoms with Gasteiger partial charge < -0.3 is 0 Å². The minimum atomic E-state index is -0.956. The predicted octanol–water partition coefficient (Wildman–Crippen LogP) is 0.238. The first-order chi connectivity index (χ1) is 9.65. The first kappa shape index (κ1) is 12.2. The standard InChI is InChI=1S/C12H10N4O4/c17-10-5-6-11(18)15(10)14-12(19)20-16-9-4-2-1-3-8(9)7-13-16/h1-4,7H,5-6H2,(H,14,19). The lowest BCUT2D eigenvalue weighted by Crippen LogP contribution is -2.48. The van der Waals surface area contributed by atoms with E-state index in [1.807, 2.05) is 12.1 Å². The van der Waals surface area contributed by atoms with Gasteiger partial charge in [-0.3, -0.25) is 14.4 Å². The van der Waals surface area contributed by atoms with Crippen LogP contribution >= 0.6 is 0 Å². The van der Waals surface area contributed by atoms with Crippen molar-refractivity contribution in [2.75, 3.05) is 0 Å². The number of hydrogen-bond donors (Lipinski definition) is 1. The van der Waals surface area contributed by atoms with Crippen LogP contribution in [0.2, 0.25) is 0 Å². The second-order valence-electron chi connectivity index (χ2n) is 4.19. The summed E-state index contributed by atoms with van der Waals surface area (Å²) in [6.07, 6.45) is 0.755. The number of aromatic nitrogens is 2. The van der Waals surface area contributed by atoms with Crippen molar-refractivity contribution in [2.24, 2.45) is 0 Å². The lowest BCUT2D eigenvalue weighted by molar-refractivity contribution is -0.141. The molecule has 3 amide bonds. The van der Waals surface area contributed by atoms with Gasteiger partial charge in [0.2, 0.25) is 11.8 Å². The molecule has 1 aromatic heterocycles. The Kier molecular flexibility index (Phi) is 2.82. The Morgan fingerprint density at radius 2 is 1.90 bits per heavy atom. The number of para-hydroxylation sites is 1. The Morgan fingerprint density at radius 3 is 2.65 bits per heavy atom. The minimum absolute atomic E-state index is 0.0871. The van der Waals surface area contributed by atoms with Crippen molar-refractivity contribution in [3.8, 4) is 0 Å². The Bertz CT molecular complexity index is 692. The molecule has 1 saturated heterocycles. The molecule has 0 saturated carbocycles. The molecule has 3 rings (SSSR count). The Balaban J connectivity index is 1.73. The van der Waals surface area contributed by atoms with Crippen molar-refractivity contribution in [1.82, 2.24) is 20.4 Å². The average molecular weight is 274 g/mol. The molecule has 2 aromatic rings. The van der Waals surface area contributed by atoms with E-state index in [0.717, 1.165) is 10.2 Å². The van der Waals surface area contributed by atoms with Crippen molar-refractivity contribution >= 4 is 28.8 Å². The van der Waals surface area contributed by atoms with Gasteiger partial charge in [0.25, 0.3) is 0 Å². The van der Waals surface area contributed by atoms with Crippen LogP contribution in [0.25, 0.3) is 10.9 Å². The molecule has 1 aromatic carbocycles. The van der Waals surface area contributed by atoms with E-state index in [9.17, 15) is 14.4 Å². The number of carbonyl (C=O) groups is 3. The summed E-state index contributed by atoms with van der Waals surface area (Å²) in [5.41, 5.74) is 2.69. The number of hydrogen-bond acceptors (Lipinski definition) is 5. The normalized spacial score (nSPS) is 14.9. The Labute approximate surface area is 112 Å². The maximum atomic E-state index is 11.7. The molecular formula is C12H10N4O4. The highest BCUT2D eigenvalue weighted by Gasteiger charge is 2.31. The number of imide groups is 1. The molecule has 1 aliphatic rings. The van der Waals surface area contributed by atoms with E-state index in [1.165, 1.54) is 6.20 Å². The van der Waals surface area contributed by atoms with E-state index in [4.69, 9.17) is 4.84 Å². The molecule has 2 heterocycles. The number of hydrazine groups is 1. The molecule has 8 heteroatoms. The summed E-state index contributed by atoms with van der Waals surface area (Å²) in [5, 5.41) is 5.35. The van der Waals surface area contributed by atoms with E-state index < -0.39 is 17.9 Å². The molecule has 1 N–H and O–H groups in total. The van der Waals surface area contributed by atoms with Crippen LogP contribution in [-0.2, 0) is 9.59 Å². The van der Waals surface area contributed by atoms with Crippen molar-refractivity contribution in [3.05, 3.63) is 30.5 Å². The molecule has 102 valence electrons. The second kappa shape index (κ2) is 4.65. The number of nitrogens with zero attached hydrogens (tertiary/aromatic N) is 3. The van der Waals surface area contributed by atoms with Crippen LogP contribution < -0.4 is 10.3 Å². The number of benzene rings is 1. The number of fused-ring (bicyclic) bond motifs is 1. The molecule has 1 fully saturated rings. The summed E-state index contributed by atoms with van der Waals surface area (Å²) in [7, 11) is 0. The molecule has 0 bridgehead atoms. The Morgan fingerprint density at radius 1 is 1.20 bits per heavy atom. The molecule has 0 atom stereocenters. The smallest absolute Gasteiger partial charge is 0.297 e. The van der Waals surface area contributed by atoms with Gasteiger partial charge in [0, 0.05) is 18.2 Å². The molecule has 0 radical (unpaired) electrons. The van der Waals surface area contributed by atoms with Crippen LogP contribution in [0.15, 0.2) is 30.5 Å². The van der Waals surface area contributed by atoms with Gasteiger partial charge in [-0.25, -0.2) is 10.2 Å². The predicted molar refractivity (Wildman–Crippen MR) is 65.9 cm³/mol. The fraction of sp³-hybridized carbons (Fsp3) is 0.167. The highest BCUT2D eigenvalue weighted by atomic mass is 16.7. The fourth-order valence-corrected chi connectivity index (χ4v) is 1.91. The van der Waals surface area contributed by atoms with Gasteiger partial charge in [-0.15, -0.1) is 5.10 Å². The largest absolute Gasteiger partial charge is 0.452 e. The summed E-state index contributed by atoms with van der Waals surface area (Å²) in [6.45, 7) is 0. The topological polar surface area (TPSA) is 93.5 Å².